The summed E-state index contributed by atoms with van der Waals surface area (Å²) in [4.78, 5) is 19.7. The zero-order valence-electron chi connectivity index (χ0n) is 20.2. The van der Waals surface area contributed by atoms with Crippen LogP contribution in [0.25, 0.3) is 11.0 Å². The number of hydrogen-bond donors (Lipinski definition) is 1. The standard InChI is InChI=1S/C29H31N3O3/c1-20-12-13-21(2)27(14-20)35-19-24(33)18-32-26-11-7-6-10-25(26)30-29(32)23-15-28(34)31(17-23)16-22-8-4-3-5-9-22/h3-14,23-24,33H,15-19H2,1-2H3/t23-,24-/m1/s1. The minimum atomic E-state index is -0.719. The van der Waals surface area contributed by atoms with E-state index in [1.807, 2.05) is 91.5 Å². The molecule has 6 heteroatoms. The molecule has 6 nitrogen and oxygen atoms in total. The lowest BCUT2D eigenvalue weighted by atomic mass is 10.1. The maximum absolute atomic E-state index is 12.8. The van der Waals surface area contributed by atoms with Gasteiger partial charge in [-0.1, -0.05) is 54.6 Å². The first-order chi connectivity index (χ1) is 17.0. The summed E-state index contributed by atoms with van der Waals surface area (Å²) in [6, 6.07) is 24.1. The van der Waals surface area contributed by atoms with Crippen molar-refractivity contribution in [2.24, 2.45) is 0 Å². The van der Waals surface area contributed by atoms with Crippen LogP contribution in [0, 0.1) is 13.8 Å². The number of aryl methyl sites for hydroxylation is 2. The molecule has 0 saturated carbocycles. The number of likely N-dealkylation sites (tertiary alicyclic amines) is 1. The number of imidazole rings is 1. The summed E-state index contributed by atoms with van der Waals surface area (Å²) < 4.78 is 8.03. The summed E-state index contributed by atoms with van der Waals surface area (Å²) in [5.74, 6) is 1.75. The molecular formula is C29H31N3O3. The van der Waals surface area contributed by atoms with Crippen LogP contribution in [0.1, 0.15) is 34.9 Å². The summed E-state index contributed by atoms with van der Waals surface area (Å²) >= 11 is 0. The van der Waals surface area contributed by atoms with Crippen molar-refractivity contribution < 1.29 is 14.6 Å². The zero-order chi connectivity index (χ0) is 24.4. The third-order valence-electron chi connectivity index (χ3n) is 6.65. The van der Waals surface area contributed by atoms with E-state index in [4.69, 9.17) is 9.72 Å². The van der Waals surface area contributed by atoms with Gasteiger partial charge >= 0.3 is 0 Å². The number of aliphatic hydroxyl groups is 1. The number of ether oxygens (including phenoxy) is 1. The Morgan fingerprint density at radius 3 is 2.66 bits per heavy atom. The highest BCUT2D eigenvalue weighted by molar-refractivity contribution is 5.81. The predicted octanol–water partition coefficient (Wildman–Crippen LogP) is 4.61. The third-order valence-corrected chi connectivity index (χ3v) is 6.65. The molecule has 2 heterocycles. The van der Waals surface area contributed by atoms with E-state index in [0.717, 1.165) is 39.3 Å². The van der Waals surface area contributed by atoms with E-state index >= 15 is 0 Å². The normalized spacial score (nSPS) is 16.7. The Balaban J connectivity index is 1.34. The Hall–Kier alpha value is -3.64. The fourth-order valence-corrected chi connectivity index (χ4v) is 4.81. The van der Waals surface area contributed by atoms with Crippen molar-refractivity contribution in [2.45, 2.75) is 45.4 Å². The Kier molecular flexibility index (Phi) is 6.55. The maximum atomic E-state index is 12.8. The topological polar surface area (TPSA) is 67.6 Å². The van der Waals surface area contributed by atoms with Gasteiger partial charge in [0.2, 0.25) is 5.91 Å². The van der Waals surface area contributed by atoms with Crippen LogP contribution in [-0.4, -0.2) is 44.7 Å². The fraction of sp³-hybridized carbons (Fsp3) is 0.310. The molecule has 0 unspecified atom stereocenters. The highest BCUT2D eigenvalue weighted by Gasteiger charge is 2.34. The number of rotatable bonds is 8. The van der Waals surface area contributed by atoms with Crippen molar-refractivity contribution in [2.75, 3.05) is 13.2 Å². The molecule has 2 atom stereocenters. The number of benzene rings is 3. The van der Waals surface area contributed by atoms with Gasteiger partial charge in [-0.3, -0.25) is 4.79 Å². The minimum absolute atomic E-state index is 0.0225. The monoisotopic (exact) mass is 469 g/mol. The number of fused-ring (bicyclic) bond motifs is 1. The summed E-state index contributed by atoms with van der Waals surface area (Å²) in [5.41, 5.74) is 5.11. The lowest BCUT2D eigenvalue weighted by Gasteiger charge is -2.19. The van der Waals surface area contributed by atoms with Crippen molar-refractivity contribution in [3.05, 3.63) is 95.3 Å². The van der Waals surface area contributed by atoms with Crippen LogP contribution in [-0.2, 0) is 17.9 Å². The number of para-hydroxylation sites is 2. The number of aliphatic hydroxyl groups excluding tert-OH is 1. The molecule has 1 aliphatic heterocycles. The smallest absolute Gasteiger partial charge is 0.223 e. The van der Waals surface area contributed by atoms with Crippen LogP contribution in [0.15, 0.2) is 72.8 Å². The Labute approximate surface area is 205 Å². The van der Waals surface area contributed by atoms with Gasteiger partial charge in [0.25, 0.3) is 0 Å². The highest BCUT2D eigenvalue weighted by Crippen LogP contribution is 2.31. The summed E-state index contributed by atoms with van der Waals surface area (Å²) in [6.45, 7) is 5.77. The van der Waals surface area contributed by atoms with Gasteiger partial charge in [-0.2, -0.15) is 0 Å². The van der Waals surface area contributed by atoms with Crippen LogP contribution in [0.5, 0.6) is 5.75 Å². The Morgan fingerprint density at radius 2 is 1.83 bits per heavy atom. The van der Waals surface area contributed by atoms with Crippen molar-refractivity contribution in [1.82, 2.24) is 14.5 Å². The van der Waals surface area contributed by atoms with Crippen LogP contribution >= 0.6 is 0 Å². The molecule has 4 aromatic rings. The number of aromatic nitrogens is 2. The zero-order valence-corrected chi connectivity index (χ0v) is 20.2. The van der Waals surface area contributed by atoms with E-state index in [2.05, 4.69) is 4.57 Å². The lowest BCUT2D eigenvalue weighted by molar-refractivity contribution is -0.128. The number of carbonyl (C=O) groups excluding carboxylic acids is 1. The Bertz CT molecular complexity index is 1330. The first-order valence-corrected chi connectivity index (χ1v) is 12.1. The molecule has 1 aromatic heterocycles. The first-order valence-electron chi connectivity index (χ1n) is 12.1. The molecule has 0 radical (unpaired) electrons. The molecule has 0 aliphatic carbocycles. The molecule has 1 amide bonds. The average molecular weight is 470 g/mol. The molecule has 3 aromatic carbocycles. The molecule has 0 bridgehead atoms. The third kappa shape index (κ3) is 5.08. The second kappa shape index (κ2) is 9.92. The van der Waals surface area contributed by atoms with Gasteiger partial charge in [0.15, 0.2) is 0 Å². The van der Waals surface area contributed by atoms with E-state index in [9.17, 15) is 9.90 Å². The van der Waals surface area contributed by atoms with Crippen molar-refractivity contribution in [3.63, 3.8) is 0 Å². The summed E-state index contributed by atoms with van der Waals surface area (Å²) in [5, 5.41) is 10.9. The number of nitrogens with zero attached hydrogens (tertiary/aromatic N) is 3. The molecule has 1 saturated heterocycles. The van der Waals surface area contributed by atoms with Gasteiger partial charge in [0.05, 0.1) is 17.6 Å². The molecule has 1 fully saturated rings. The van der Waals surface area contributed by atoms with Gasteiger partial charge in [0.1, 0.15) is 24.3 Å². The van der Waals surface area contributed by atoms with Crippen molar-refractivity contribution in [1.29, 1.82) is 0 Å². The van der Waals surface area contributed by atoms with Crippen molar-refractivity contribution >= 4 is 16.9 Å². The van der Waals surface area contributed by atoms with Crippen LogP contribution in [0.3, 0.4) is 0 Å². The van der Waals surface area contributed by atoms with Crippen LogP contribution in [0.2, 0.25) is 0 Å². The molecular weight excluding hydrogens is 438 g/mol. The quantitative estimate of drug-likeness (QED) is 0.409. The van der Waals surface area contributed by atoms with E-state index < -0.39 is 6.10 Å². The second-order valence-corrected chi connectivity index (χ2v) is 9.46. The molecule has 0 spiro atoms. The van der Waals surface area contributed by atoms with E-state index in [0.29, 0.717) is 26.1 Å². The molecule has 1 N–H and O–H groups in total. The molecule has 180 valence electrons. The molecule has 35 heavy (non-hydrogen) atoms. The van der Waals surface area contributed by atoms with E-state index in [-0.39, 0.29) is 18.4 Å². The maximum Gasteiger partial charge on any atom is 0.223 e. The van der Waals surface area contributed by atoms with Crippen LogP contribution in [0.4, 0.5) is 0 Å². The van der Waals surface area contributed by atoms with Gasteiger partial charge in [-0.15, -0.1) is 0 Å². The van der Waals surface area contributed by atoms with E-state index in [1.54, 1.807) is 0 Å². The van der Waals surface area contributed by atoms with E-state index in [1.165, 1.54) is 0 Å². The summed E-state index contributed by atoms with van der Waals surface area (Å²) in [6.07, 6.45) is -0.297. The van der Waals surface area contributed by atoms with Gasteiger partial charge in [-0.25, -0.2) is 4.98 Å². The minimum Gasteiger partial charge on any atom is -0.491 e. The predicted molar refractivity (Wildman–Crippen MR) is 136 cm³/mol. The second-order valence-electron chi connectivity index (χ2n) is 9.46. The number of amides is 1. The molecule has 1 aliphatic rings. The largest absolute Gasteiger partial charge is 0.491 e. The first kappa shape index (κ1) is 23.1. The van der Waals surface area contributed by atoms with Crippen LogP contribution < -0.4 is 4.74 Å². The number of carbonyl (C=O) groups is 1. The van der Waals surface area contributed by atoms with Gasteiger partial charge in [0, 0.05) is 25.4 Å². The highest BCUT2D eigenvalue weighted by atomic mass is 16.5. The molecule has 5 rings (SSSR count). The Morgan fingerprint density at radius 1 is 1.06 bits per heavy atom. The van der Waals surface area contributed by atoms with Crippen molar-refractivity contribution in [3.8, 4) is 5.75 Å². The summed E-state index contributed by atoms with van der Waals surface area (Å²) in [7, 11) is 0. The van der Waals surface area contributed by atoms with Gasteiger partial charge < -0.3 is 19.3 Å². The van der Waals surface area contributed by atoms with Gasteiger partial charge in [-0.05, 0) is 48.7 Å². The lowest BCUT2D eigenvalue weighted by Crippen LogP contribution is -2.26. The SMILES string of the molecule is Cc1ccc(C)c(OC[C@H](O)Cn2c([C@@H]3CC(=O)N(Cc4ccccc4)C3)nc3ccccc32)c1. The fourth-order valence-electron chi connectivity index (χ4n) is 4.81. The average Bonchev–Trinajstić information content (AvgIpc) is 3.40. The number of hydrogen-bond acceptors (Lipinski definition) is 4.